The number of rotatable bonds is 7. The highest BCUT2D eigenvalue weighted by molar-refractivity contribution is 5.79. The second-order valence-electron chi connectivity index (χ2n) is 6.20. The van der Waals surface area contributed by atoms with Gasteiger partial charge in [-0.1, -0.05) is 31.2 Å². The molecule has 1 unspecified atom stereocenters. The maximum absolute atomic E-state index is 5.43. The molecule has 2 rings (SSSR count). The minimum atomic E-state index is 0.473. The van der Waals surface area contributed by atoms with E-state index in [2.05, 4.69) is 60.6 Å². The summed E-state index contributed by atoms with van der Waals surface area (Å²) in [5, 5.41) is 6.83. The lowest BCUT2D eigenvalue weighted by Crippen LogP contribution is -2.49. The fraction of sp³-hybridized carbons (Fsp3) is 0.632. The van der Waals surface area contributed by atoms with Crippen molar-refractivity contribution in [1.29, 1.82) is 0 Å². The largest absolute Gasteiger partial charge is 0.379 e. The summed E-state index contributed by atoms with van der Waals surface area (Å²) in [6, 6.07) is 9.01. The Kier molecular flexibility index (Phi) is 8.05. The molecule has 1 aliphatic heterocycles. The van der Waals surface area contributed by atoms with Gasteiger partial charge in [0.15, 0.2) is 5.96 Å². The molecule has 0 radical (unpaired) electrons. The molecule has 24 heavy (non-hydrogen) atoms. The standard InChI is InChI=1S/C19H32N4O/c1-4-17-8-6-7-9-18(17)15-22-19(20-5-2)21-14-16(3)23-10-12-24-13-11-23/h6-9,16H,4-5,10-15H2,1-3H3,(H2,20,21,22). The normalized spacial score (nSPS) is 17.5. The summed E-state index contributed by atoms with van der Waals surface area (Å²) >= 11 is 0. The maximum atomic E-state index is 5.43. The number of morpholine rings is 1. The van der Waals surface area contributed by atoms with Crippen molar-refractivity contribution in [2.24, 2.45) is 4.99 Å². The van der Waals surface area contributed by atoms with Gasteiger partial charge in [-0.25, -0.2) is 4.99 Å². The summed E-state index contributed by atoms with van der Waals surface area (Å²) in [6.07, 6.45) is 1.05. The van der Waals surface area contributed by atoms with E-state index in [9.17, 15) is 0 Å². The van der Waals surface area contributed by atoms with Crippen molar-refractivity contribution in [3.63, 3.8) is 0 Å². The average Bonchev–Trinajstić information content (AvgIpc) is 2.64. The fourth-order valence-corrected chi connectivity index (χ4v) is 2.95. The predicted molar refractivity (Wildman–Crippen MR) is 100 cm³/mol. The van der Waals surface area contributed by atoms with Gasteiger partial charge >= 0.3 is 0 Å². The molecule has 5 nitrogen and oxygen atoms in total. The van der Waals surface area contributed by atoms with Crippen molar-refractivity contribution in [1.82, 2.24) is 15.5 Å². The Morgan fingerprint density at radius 2 is 1.88 bits per heavy atom. The van der Waals surface area contributed by atoms with Gasteiger partial charge in [0.2, 0.25) is 0 Å². The molecule has 1 aromatic carbocycles. The van der Waals surface area contributed by atoms with E-state index < -0.39 is 0 Å². The lowest BCUT2D eigenvalue weighted by Gasteiger charge is -2.32. The first kappa shape index (κ1) is 18.7. The maximum Gasteiger partial charge on any atom is 0.191 e. The van der Waals surface area contributed by atoms with Crippen LogP contribution in [0.1, 0.15) is 31.9 Å². The van der Waals surface area contributed by atoms with Crippen molar-refractivity contribution < 1.29 is 4.74 Å². The zero-order valence-corrected chi connectivity index (χ0v) is 15.3. The van der Waals surface area contributed by atoms with Gasteiger partial charge in [-0.05, 0) is 31.4 Å². The first-order valence-electron chi connectivity index (χ1n) is 9.15. The van der Waals surface area contributed by atoms with Gasteiger partial charge in [0.1, 0.15) is 0 Å². The number of benzene rings is 1. The summed E-state index contributed by atoms with van der Waals surface area (Å²) in [7, 11) is 0. The highest BCUT2D eigenvalue weighted by Crippen LogP contribution is 2.10. The molecule has 0 aliphatic carbocycles. The van der Waals surface area contributed by atoms with Crippen LogP contribution in [0.3, 0.4) is 0 Å². The van der Waals surface area contributed by atoms with Gasteiger partial charge < -0.3 is 15.4 Å². The number of aryl methyl sites for hydroxylation is 1. The molecule has 0 bridgehead atoms. The first-order chi connectivity index (χ1) is 11.7. The number of guanidine groups is 1. The van der Waals surface area contributed by atoms with Crippen molar-refractivity contribution in [3.8, 4) is 0 Å². The predicted octanol–water partition coefficient (Wildman–Crippen LogP) is 2.02. The summed E-state index contributed by atoms with van der Waals surface area (Å²) in [5.74, 6) is 0.892. The third kappa shape index (κ3) is 5.80. The average molecular weight is 332 g/mol. The summed E-state index contributed by atoms with van der Waals surface area (Å²) in [5.41, 5.74) is 2.68. The van der Waals surface area contributed by atoms with E-state index in [0.29, 0.717) is 12.6 Å². The number of aliphatic imine (C=N–C) groups is 1. The number of hydrogen-bond donors (Lipinski definition) is 2. The Bertz CT molecular complexity index is 512. The van der Waals surface area contributed by atoms with E-state index in [4.69, 9.17) is 9.73 Å². The molecule has 134 valence electrons. The van der Waals surface area contributed by atoms with Crippen LogP contribution in [0.2, 0.25) is 0 Å². The molecule has 0 amide bonds. The topological polar surface area (TPSA) is 48.9 Å². The molecule has 1 saturated heterocycles. The molecule has 1 atom stereocenters. The van der Waals surface area contributed by atoms with E-state index in [1.807, 2.05) is 0 Å². The van der Waals surface area contributed by atoms with E-state index in [1.165, 1.54) is 11.1 Å². The third-order valence-corrected chi connectivity index (χ3v) is 4.48. The highest BCUT2D eigenvalue weighted by Gasteiger charge is 2.16. The van der Waals surface area contributed by atoms with Crippen LogP contribution in [0.5, 0.6) is 0 Å². The summed E-state index contributed by atoms with van der Waals surface area (Å²) < 4.78 is 5.43. The van der Waals surface area contributed by atoms with E-state index >= 15 is 0 Å². The first-order valence-corrected chi connectivity index (χ1v) is 9.15. The van der Waals surface area contributed by atoms with Gasteiger partial charge in [-0.3, -0.25) is 4.90 Å². The molecular weight excluding hydrogens is 300 g/mol. The lowest BCUT2D eigenvalue weighted by molar-refractivity contribution is 0.0211. The molecule has 0 saturated carbocycles. The van der Waals surface area contributed by atoms with E-state index in [-0.39, 0.29) is 0 Å². The highest BCUT2D eigenvalue weighted by atomic mass is 16.5. The van der Waals surface area contributed by atoms with Crippen LogP contribution in [0.15, 0.2) is 29.3 Å². The Morgan fingerprint density at radius 1 is 1.17 bits per heavy atom. The Morgan fingerprint density at radius 3 is 2.54 bits per heavy atom. The van der Waals surface area contributed by atoms with Gasteiger partial charge in [0.05, 0.1) is 19.8 Å². The SMILES string of the molecule is CCNC(=NCc1ccccc1CC)NCC(C)N1CCOCC1. The fourth-order valence-electron chi connectivity index (χ4n) is 2.95. The number of ether oxygens (including phenoxy) is 1. The van der Waals surface area contributed by atoms with Crippen LogP contribution in [0, 0.1) is 0 Å². The van der Waals surface area contributed by atoms with Gasteiger partial charge in [-0.15, -0.1) is 0 Å². The molecule has 2 N–H and O–H groups in total. The van der Waals surface area contributed by atoms with Crippen molar-refractivity contribution in [3.05, 3.63) is 35.4 Å². The second-order valence-corrected chi connectivity index (χ2v) is 6.20. The van der Waals surface area contributed by atoms with Crippen LogP contribution in [0.25, 0.3) is 0 Å². The van der Waals surface area contributed by atoms with Crippen LogP contribution in [-0.2, 0) is 17.7 Å². The smallest absolute Gasteiger partial charge is 0.191 e. The molecule has 1 fully saturated rings. The Balaban J connectivity index is 1.90. The molecule has 1 aliphatic rings. The van der Waals surface area contributed by atoms with Crippen LogP contribution in [0.4, 0.5) is 0 Å². The zero-order valence-electron chi connectivity index (χ0n) is 15.3. The summed E-state index contributed by atoms with van der Waals surface area (Å²) in [6.45, 7) is 12.7. The minimum absolute atomic E-state index is 0.473. The van der Waals surface area contributed by atoms with Gasteiger partial charge in [0.25, 0.3) is 0 Å². The quantitative estimate of drug-likeness (QED) is 0.592. The van der Waals surface area contributed by atoms with E-state index in [0.717, 1.165) is 51.8 Å². The molecule has 1 heterocycles. The van der Waals surface area contributed by atoms with Crippen LogP contribution >= 0.6 is 0 Å². The van der Waals surface area contributed by atoms with Crippen LogP contribution < -0.4 is 10.6 Å². The lowest BCUT2D eigenvalue weighted by atomic mass is 10.1. The molecule has 0 aromatic heterocycles. The molecule has 1 aromatic rings. The molecular formula is C19H32N4O. The van der Waals surface area contributed by atoms with Gasteiger partial charge in [-0.2, -0.15) is 0 Å². The Labute approximate surface area is 146 Å². The van der Waals surface area contributed by atoms with Gasteiger partial charge in [0, 0.05) is 32.2 Å². The number of nitrogens with zero attached hydrogens (tertiary/aromatic N) is 2. The zero-order chi connectivity index (χ0) is 17.2. The number of nitrogens with one attached hydrogen (secondary N) is 2. The van der Waals surface area contributed by atoms with Crippen molar-refractivity contribution in [2.45, 2.75) is 39.8 Å². The molecule has 0 spiro atoms. The second kappa shape index (κ2) is 10.3. The summed E-state index contributed by atoms with van der Waals surface area (Å²) in [4.78, 5) is 7.23. The van der Waals surface area contributed by atoms with Crippen molar-refractivity contribution in [2.75, 3.05) is 39.4 Å². The minimum Gasteiger partial charge on any atom is -0.379 e. The Hall–Kier alpha value is -1.59. The van der Waals surface area contributed by atoms with Crippen molar-refractivity contribution >= 4 is 5.96 Å². The third-order valence-electron chi connectivity index (χ3n) is 4.48. The van der Waals surface area contributed by atoms with Crippen LogP contribution in [-0.4, -0.2) is 56.3 Å². The number of hydrogen-bond acceptors (Lipinski definition) is 3. The molecule has 5 heteroatoms. The monoisotopic (exact) mass is 332 g/mol. The van der Waals surface area contributed by atoms with E-state index in [1.54, 1.807) is 0 Å².